The van der Waals surface area contributed by atoms with E-state index in [2.05, 4.69) is 4.99 Å². The third-order valence-electron chi connectivity index (χ3n) is 3.04. The van der Waals surface area contributed by atoms with Gasteiger partial charge in [-0.3, -0.25) is 0 Å². The molecule has 4 heteroatoms. The van der Waals surface area contributed by atoms with Crippen LogP contribution in [0.4, 0.5) is 0 Å². The van der Waals surface area contributed by atoms with Crippen LogP contribution in [0.25, 0.3) is 6.08 Å². The van der Waals surface area contributed by atoms with Gasteiger partial charge < -0.3 is 4.74 Å². The predicted molar refractivity (Wildman–Crippen MR) is 83.2 cm³/mol. The van der Waals surface area contributed by atoms with E-state index in [0.717, 1.165) is 16.7 Å². The van der Waals surface area contributed by atoms with E-state index >= 15 is 0 Å². The van der Waals surface area contributed by atoms with E-state index in [1.165, 1.54) is 0 Å². The van der Waals surface area contributed by atoms with Crippen molar-refractivity contribution < 1.29 is 9.53 Å². The van der Waals surface area contributed by atoms with Crippen molar-refractivity contribution in [1.29, 1.82) is 0 Å². The first-order valence-electron chi connectivity index (χ1n) is 6.47. The lowest BCUT2D eigenvalue weighted by molar-refractivity contribution is -0.129. The minimum absolute atomic E-state index is 0.272. The maximum absolute atomic E-state index is 11.9. The zero-order valence-electron chi connectivity index (χ0n) is 11.3. The summed E-state index contributed by atoms with van der Waals surface area (Å²) in [5.74, 6) is -0.122. The normalized spacial score (nSPS) is 16.0. The van der Waals surface area contributed by atoms with Gasteiger partial charge in [-0.15, -0.1) is 0 Å². The third-order valence-corrected chi connectivity index (χ3v) is 3.27. The van der Waals surface area contributed by atoms with Gasteiger partial charge in [-0.1, -0.05) is 41.4 Å². The number of ether oxygens (including phenoxy) is 1. The summed E-state index contributed by atoms with van der Waals surface area (Å²) in [5.41, 5.74) is 2.95. The summed E-state index contributed by atoms with van der Waals surface area (Å²) in [7, 11) is 0. The van der Waals surface area contributed by atoms with Gasteiger partial charge in [0.15, 0.2) is 5.70 Å². The number of aryl methyl sites for hydroxylation is 1. The number of hydrogen-bond acceptors (Lipinski definition) is 3. The first kappa shape index (κ1) is 13.6. The van der Waals surface area contributed by atoms with E-state index in [1.807, 2.05) is 43.3 Å². The van der Waals surface area contributed by atoms with Crippen LogP contribution in [0, 0.1) is 6.92 Å². The van der Waals surface area contributed by atoms with E-state index in [0.29, 0.717) is 10.9 Å². The number of carbonyl (C=O) groups is 1. The molecule has 0 saturated carbocycles. The SMILES string of the molecule is Cc1cccc(C2=NC(=Cc3cccc(Cl)c3)C(=O)O2)c1. The van der Waals surface area contributed by atoms with Gasteiger partial charge in [-0.25, -0.2) is 9.79 Å². The highest BCUT2D eigenvalue weighted by atomic mass is 35.5. The third kappa shape index (κ3) is 3.03. The van der Waals surface area contributed by atoms with Crippen molar-refractivity contribution in [1.82, 2.24) is 0 Å². The van der Waals surface area contributed by atoms with Crippen LogP contribution in [-0.4, -0.2) is 11.9 Å². The molecule has 0 fully saturated rings. The van der Waals surface area contributed by atoms with Gasteiger partial charge in [0.05, 0.1) is 0 Å². The maximum Gasteiger partial charge on any atom is 0.363 e. The molecule has 0 spiro atoms. The Bertz CT molecular complexity index is 778. The summed E-state index contributed by atoms with van der Waals surface area (Å²) in [6, 6.07) is 14.9. The quantitative estimate of drug-likeness (QED) is 0.621. The van der Waals surface area contributed by atoms with E-state index in [1.54, 1.807) is 18.2 Å². The summed E-state index contributed by atoms with van der Waals surface area (Å²) in [6.45, 7) is 1.98. The predicted octanol–water partition coefficient (Wildman–Crippen LogP) is 3.99. The molecule has 0 amide bonds. The first-order chi connectivity index (χ1) is 10.1. The van der Waals surface area contributed by atoms with Gasteiger partial charge in [0.1, 0.15) is 0 Å². The molecule has 0 atom stereocenters. The lowest BCUT2D eigenvalue weighted by atomic mass is 10.1. The molecule has 1 aliphatic rings. The standard InChI is InChI=1S/C17H12ClNO2/c1-11-4-2-6-13(8-11)16-19-15(17(20)21-16)10-12-5-3-7-14(18)9-12/h2-10H,1H3. The van der Waals surface area contributed by atoms with Crippen molar-refractivity contribution in [2.45, 2.75) is 6.92 Å². The Hall–Kier alpha value is -2.39. The van der Waals surface area contributed by atoms with Crippen LogP contribution in [0.3, 0.4) is 0 Å². The fraction of sp³-hybridized carbons (Fsp3) is 0.0588. The number of rotatable bonds is 2. The second-order valence-corrected chi connectivity index (χ2v) is 5.20. The topological polar surface area (TPSA) is 38.7 Å². The summed E-state index contributed by atoms with van der Waals surface area (Å²) >= 11 is 5.93. The Morgan fingerprint density at radius 1 is 1.14 bits per heavy atom. The Kier molecular flexibility index (Phi) is 3.59. The summed E-state index contributed by atoms with van der Waals surface area (Å²) in [6.07, 6.45) is 1.66. The largest absolute Gasteiger partial charge is 0.402 e. The number of hydrogen-bond donors (Lipinski definition) is 0. The van der Waals surface area contributed by atoms with Gasteiger partial charge in [0.25, 0.3) is 0 Å². The van der Waals surface area contributed by atoms with Crippen LogP contribution < -0.4 is 0 Å². The van der Waals surface area contributed by atoms with Gasteiger partial charge in [0.2, 0.25) is 5.90 Å². The number of nitrogens with zero attached hydrogens (tertiary/aromatic N) is 1. The molecule has 0 aromatic heterocycles. The van der Waals surface area contributed by atoms with Crippen molar-refractivity contribution in [2.24, 2.45) is 4.99 Å². The van der Waals surface area contributed by atoms with Crippen molar-refractivity contribution in [2.75, 3.05) is 0 Å². The van der Waals surface area contributed by atoms with E-state index in [9.17, 15) is 4.79 Å². The molecule has 0 bridgehead atoms. The smallest absolute Gasteiger partial charge is 0.363 e. The number of aliphatic imine (C=N–C) groups is 1. The Morgan fingerprint density at radius 3 is 2.71 bits per heavy atom. The molecule has 2 aromatic carbocycles. The van der Waals surface area contributed by atoms with Crippen LogP contribution in [-0.2, 0) is 9.53 Å². The second-order valence-electron chi connectivity index (χ2n) is 4.76. The number of cyclic esters (lactones) is 1. The molecule has 0 radical (unpaired) electrons. The highest BCUT2D eigenvalue weighted by molar-refractivity contribution is 6.30. The molecule has 21 heavy (non-hydrogen) atoms. The second kappa shape index (κ2) is 5.54. The number of benzene rings is 2. The van der Waals surface area contributed by atoms with Crippen LogP contribution in [0.5, 0.6) is 0 Å². The van der Waals surface area contributed by atoms with Crippen molar-refractivity contribution >= 4 is 29.5 Å². The van der Waals surface area contributed by atoms with Crippen molar-refractivity contribution in [3.8, 4) is 0 Å². The molecule has 0 aliphatic carbocycles. The Morgan fingerprint density at radius 2 is 1.95 bits per heavy atom. The molecule has 104 valence electrons. The molecule has 0 saturated heterocycles. The zero-order valence-corrected chi connectivity index (χ0v) is 12.1. The zero-order chi connectivity index (χ0) is 14.8. The summed E-state index contributed by atoms with van der Waals surface area (Å²) in [5, 5.41) is 0.610. The average molecular weight is 298 g/mol. The summed E-state index contributed by atoms with van der Waals surface area (Å²) in [4.78, 5) is 16.2. The molecule has 3 nitrogen and oxygen atoms in total. The molecule has 3 rings (SSSR count). The Labute approximate surface area is 127 Å². The fourth-order valence-corrected chi connectivity index (χ4v) is 2.26. The van der Waals surface area contributed by atoms with Crippen LogP contribution >= 0.6 is 11.6 Å². The Balaban J connectivity index is 1.95. The minimum Gasteiger partial charge on any atom is -0.402 e. The van der Waals surface area contributed by atoms with Crippen LogP contribution in [0.15, 0.2) is 59.2 Å². The molecular weight excluding hydrogens is 286 g/mol. The number of esters is 1. The van der Waals surface area contributed by atoms with E-state index < -0.39 is 5.97 Å². The average Bonchev–Trinajstić information content (AvgIpc) is 2.80. The number of carbonyl (C=O) groups excluding carboxylic acids is 1. The molecule has 0 N–H and O–H groups in total. The van der Waals surface area contributed by atoms with Crippen molar-refractivity contribution in [3.05, 3.63) is 75.9 Å². The lowest BCUT2D eigenvalue weighted by Gasteiger charge is -1.99. The van der Waals surface area contributed by atoms with Gasteiger partial charge >= 0.3 is 5.97 Å². The monoisotopic (exact) mass is 297 g/mol. The van der Waals surface area contributed by atoms with Crippen molar-refractivity contribution in [3.63, 3.8) is 0 Å². The van der Waals surface area contributed by atoms with E-state index in [-0.39, 0.29) is 5.70 Å². The maximum atomic E-state index is 11.9. The molecule has 2 aromatic rings. The highest BCUT2D eigenvalue weighted by Crippen LogP contribution is 2.20. The minimum atomic E-state index is -0.452. The molecular formula is C17H12ClNO2. The first-order valence-corrected chi connectivity index (χ1v) is 6.85. The van der Waals surface area contributed by atoms with Crippen LogP contribution in [0.2, 0.25) is 5.02 Å². The summed E-state index contributed by atoms with van der Waals surface area (Å²) < 4.78 is 5.23. The lowest BCUT2D eigenvalue weighted by Crippen LogP contribution is -2.05. The van der Waals surface area contributed by atoms with Gasteiger partial charge in [-0.2, -0.15) is 0 Å². The molecule has 1 aliphatic heterocycles. The number of halogens is 1. The molecule has 0 unspecified atom stereocenters. The van der Waals surface area contributed by atoms with Gasteiger partial charge in [-0.05, 0) is 42.8 Å². The molecule has 1 heterocycles. The van der Waals surface area contributed by atoms with Crippen LogP contribution in [0.1, 0.15) is 16.7 Å². The van der Waals surface area contributed by atoms with Gasteiger partial charge in [0, 0.05) is 10.6 Å². The highest BCUT2D eigenvalue weighted by Gasteiger charge is 2.24. The fourth-order valence-electron chi connectivity index (χ4n) is 2.06. The van der Waals surface area contributed by atoms with E-state index in [4.69, 9.17) is 16.3 Å².